The Balaban J connectivity index is 1.74. The number of aromatic nitrogens is 4. The quantitative estimate of drug-likeness (QED) is 0.509. The maximum atomic E-state index is 14.1. The third kappa shape index (κ3) is 4.20. The minimum atomic E-state index is -0.470. The topological polar surface area (TPSA) is 98.6 Å². The molecule has 1 fully saturated rings. The van der Waals surface area contributed by atoms with Crippen LogP contribution in [0.3, 0.4) is 0 Å². The second kappa shape index (κ2) is 8.70. The van der Waals surface area contributed by atoms with Crippen LogP contribution in [0, 0.1) is 17.7 Å². The monoisotopic (exact) mass is 422 g/mol. The molecule has 0 amide bonds. The van der Waals surface area contributed by atoms with Gasteiger partial charge in [-0.2, -0.15) is 5.10 Å². The summed E-state index contributed by atoms with van der Waals surface area (Å²) in [6.07, 6.45) is 6.06. The number of ether oxygens (including phenoxy) is 1. The molecule has 8 nitrogen and oxygen atoms in total. The van der Waals surface area contributed by atoms with E-state index < -0.39 is 11.8 Å². The van der Waals surface area contributed by atoms with E-state index in [0.29, 0.717) is 28.3 Å². The van der Waals surface area contributed by atoms with E-state index in [4.69, 9.17) is 10.5 Å². The minimum Gasteiger partial charge on any atom is -0.462 e. The molecule has 3 aromatic rings. The lowest BCUT2D eigenvalue weighted by Crippen LogP contribution is -2.25. The fourth-order valence-corrected chi connectivity index (χ4v) is 3.73. The number of hydrogen-bond donors (Lipinski definition) is 1. The first-order valence-electron chi connectivity index (χ1n) is 10.2. The Bertz CT molecular complexity index is 1180. The molecule has 3 aromatic heterocycles. The number of rotatable bonds is 4. The van der Waals surface area contributed by atoms with E-state index in [-0.39, 0.29) is 18.7 Å². The molecular formula is C22H23FN6O2. The summed E-state index contributed by atoms with van der Waals surface area (Å²) in [4.78, 5) is 23.2. The van der Waals surface area contributed by atoms with Gasteiger partial charge in [0.15, 0.2) is 5.65 Å². The van der Waals surface area contributed by atoms with E-state index in [2.05, 4.69) is 31.8 Å². The van der Waals surface area contributed by atoms with Gasteiger partial charge in [0.2, 0.25) is 0 Å². The van der Waals surface area contributed by atoms with Crippen LogP contribution >= 0.6 is 0 Å². The summed E-state index contributed by atoms with van der Waals surface area (Å²) in [5.41, 5.74) is 7.68. The van der Waals surface area contributed by atoms with Gasteiger partial charge in [0, 0.05) is 18.3 Å². The molecule has 1 saturated heterocycles. The van der Waals surface area contributed by atoms with Gasteiger partial charge in [-0.1, -0.05) is 5.92 Å². The standard InChI is InChI=1S/C22H23FN6O2/c1-3-31-22(30)17-13-26-29-10-8-20(27-21(17)29)28-9-4-5-19(28)16-11-15(23)12-25-18(16)7-6-14(2)24/h8,10-14,19H,3-5,9,24H2,1-2H3/t14-,19?/m1/s1. The lowest BCUT2D eigenvalue weighted by Gasteiger charge is -2.26. The number of halogens is 1. The lowest BCUT2D eigenvalue weighted by atomic mass is 10.0. The van der Waals surface area contributed by atoms with E-state index >= 15 is 0 Å². The van der Waals surface area contributed by atoms with E-state index in [1.807, 2.05) is 6.07 Å². The van der Waals surface area contributed by atoms with Crippen molar-refractivity contribution in [3.8, 4) is 11.8 Å². The van der Waals surface area contributed by atoms with Gasteiger partial charge in [0.05, 0.1) is 31.1 Å². The largest absolute Gasteiger partial charge is 0.462 e. The number of nitrogens with zero attached hydrogens (tertiary/aromatic N) is 5. The molecule has 4 heterocycles. The van der Waals surface area contributed by atoms with Crippen LogP contribution in [-0.4, -0.2) is 44.7 Å². The van der Waals surface area contributed by atoms with E-state index in [9.17, 15) is 9.18 Å². The van der Waals surface area contributed by atoms with Gasteiger partial charge in [0.25, 0.3) is 0 Å². The number of anilines is 1. The highest BCUT2D eigenvalue weighted by atomic mass is 19.1. The first-order valence-corrected chi connectivity index (χ1v) is 10.2. The second-order valence-corrected chi connectivity index (χ2v) is 7.33. The molecule has 31 heavy (non-hydrogen) atoms. The highest BCUT2D eigenvalue weighted by Crippen LogP contribution is 2.36. The second-order valence-electron chi connectivity index (χ2n) is 7.33. The SMILES string of the molecule is CCOC(=O)c1cnn2ccc(N3CCCC3c3cc(F)cnc3C#C[C@@H](C)N)nc12. The Morgan fingerprint density at radius 3 is 3.06 bits per heavy atom. The molecule has 2 N–H and O–H groups in total. The van der Waals surface area contributed by atoms with Gasteiger partial charge < -0.3 is 15.4 Å². The Morgan fingerprint density at radius 1 is 1.45 bits per heavy atom. The molecule has 1 aliphatic heterocycles. The summed E-state index contributed by atoms with van der Waals surface area (Å²) in [7, 11) is 0. The molecule has 0 spiro atoms. The highest BCUT2D eigenvalue weighted by Gasteiger charge is 2.30. The minimum absolute atomic E-state index is 0.149. The number of pyridine rings is 1. The molecule has 4 rings (SSSR count). The van der Waals surface area contributed by atoms with E-state index in [1.54, 1.807) is 20.0 Å². The molecule has 1 aliphatic rings. The summed E-state index contributed by atoms with van der Waals surface area (Å²) < 4.78 is 20.7. The number of carbonyl (C=O) groups excluding carboxylic acids is 1. The van der Waals surface area contributed by atoms with Crippen LogP contribution in [0.1, 0.15) is 54.3 Å². The molecule has 160 valence electrons. The predicted octanol–water partition coefficient (Wildman–Crippen LogP) is 2.48. The number of nitrogens with two attached hydrogens (primary N) is 1. The summed E-state index contributed by atoms with van der Waals surface area (Å²) >= 11 is 0. The smallest absolute Gasteiger partial charge is 0.343 e. The van der Waals surface area contributed by atoms with E-state index in [0.717, 1.165) is 25.6 Å². The van der Waals surface area contributed by atoms with Crippen molar-refractivity contribution in [2.24, 2.45) is 5.73 Å². The van der Waals surface area contributed by atoms with Crippen molar-refractivity contribution in [3.05, 3.63) is 53.4 Å². The average Bonchev–Trinajstić information content (AvgIpc) is 3.39. The number of esters is 1. The van der Waals surface area contributed by atoms with Gasteiger partial charge in [-0.25, -0.2) is 23.7 Å². The number of carbonyl (C=O) groups is 1. The van der Waals surface area contributed by atoms with Crippen molar-refractivity contribution in [2.75, 3.05) is 18.1 Å². The Morgan fingerprint density at radius 2 is 2.29 bits per heavy atom. The fourth-order valence-electron chi connectivity index (χ4n) is 3.73. The van der Waals surface area contributed by atoms with Crippen LogP contribution in [0.25, 0.3) is 5.65 Å². The van der Waals surface area contributed by atoms with Crippen molar-refractivity contribution in [1.82, 2.24) is 19.6 Å². The normalized spacial score (nSPS) is 16.8. The first-order chi connectivity index (χ1) is 15.0. The summed E-state index contributed by atoms with van der Waals surface area (Å²) in [6.45, 7) is 4.52. The lowest BCUT2D eigenvalue weighted by molar-refractivity contribution is 0.0528. The molecule has 2 atom stereocenters. The summed E-state index contributed by atoms with van der Waals surface area (Å²) in [5, 5.41) is 4.18. The zero-order chi connectivity index (χ0) is 22.0. The van der Waals surface area contributed by atoms with Crippen LogP contribution < -0.4 is 10.6 Å². The highest BCUT2D eigenvalue weighted by molar-refractivity contribution is 5.95. The predicted molar refractivity (Wildman–Crippen MR) is 113 cm³/mol. The Kier molecular flexibility index (Phi) is 5.82. The summed E-state index contributed by atoms with van der Waals surface area (Å²) in [6, 6.07) is 2.84. The third-order valence-corrected chi connectivity index (χ3v) is 5.06. The Labute approximate surface area is 179 Å². The van der Waals surface area contributed by atoms with Crippen molar-refractivity contribution in [3.63, 3.8) is 0 Å². The zero-order valence-corrected chi connectivity index (χ0v) is 17.4. The number of hydrogen-bond acceptors (Lipinski definition) is 7. The molecule has 1 unspecified atom stereocenters. The van der Waals surface area contributed by atoms with Crippen LogP contribution in [0.5, 0.6) is 0 Å². The molecule has 0 bridgehead atoms. The van der Waals surface area contributed by atoms with Crippen LogP contribution in [0.15, 0.2) is 30.7 Å². The average molecular weight is 422 g/mol. The van der Waals surface area contributed by atoms with E-state index in [1.165, 1.54) is 16.8 Å². The van der Waals surface area contributed by atoms with Gasteiger partial charge in [-0.15, -0.1) is 0 Å². The molecule has 0 radical (unpaired) electrons. The Hall–Kier alpha value is -3.51. The van der Waals surface area contributed by atoms with Gasteiger partial charge in [-0.05, 0) is 44.7 Å². The molecular weight excluding hydrogens is 399 g/mol. The van der Waals surface area contributed by atoms with Crippen LogP contribution in [-0.2, 0) is 4.74 Å². The van der Waals surface area contributed by atoms with Crippen molar-refractivity contribution < 1.29 is 13.9 Å². The maximum Gasteiger partial charge on any atom is 0.343 e. The maximum absolute atomic E-state index is 14.1. The zero-order valence-electron chi connectivity index (χ0n) is 17.4. The molecule has 0 aromatic carbocycles. The first kappa shape index (κ1) is 20.8. The number of fused-ring (bicyclic) bond motifs is 1. The van der Waals surface area contributed by atoms with Crippen molar-refractivity contribution in [2.45, 2.75) is 38.8 Å². The van der Waals surface area contributed by atoms with Gasteiger partial charge in [-0.3, -0.25) is 0 Å². The molecule has 0 saturated carbocycles. The summed E-state index contributed by atoms with van der Waals surface area (Å²) in [5.74, 6) is 5.65. The van der Waals surface area contributed by atoms with Crippen LogP contribution in [0.2, 0.25) is 0 Å². The molecule has 9 heteroatoms. The van der Waals surface area contributed by atoms with Gasteiger partial charge >= 0.3 is 5.97 Å². The fraction of sp³-hybridized carbons (Fsp3) is 0.364. The van der Waals surface area contributed by atoms with Crippen molar-refractivity contribution in [1.29, 1.82) is 0 Å². The van der Waals surface area contributed by atoms with Gasteiger partial charge in [0.1, 0.15) is 22.9 Å². The van der Waals surface area contributed by atoms with Crippen LogP contribution in [0.4, 0.5) is 10.2 Å². The van der Waals surface area contributed by atoms with Crippen molar-refractivity contribution >= 4 is 17.4 Å². The molecule has 0 aliphatic carbocycles. The third-order valence-electron chi connectivity index (χ3n) is 5.06.